The maximum Gasteiger partial charge on any atom is 0.306 e. The van der Waals surface area contributed by atoms with E-state index in [1.807, 2.05) is 6.07 Å². The molecule has 2 aromatic rings. The van der Waals surface area contributed by atoms with Crippen molar-refractivity contribution in [2.24, 2.45) is 11.8 Å². The summed E-state index contributed by atoms with van der Waals surface area (Å²) >= 11 is 0. The first kappa shape index (κ1) is 12.7. The van der Waals surface area contributed by atoms with Crippen LogP contribution in [0.2, 0.25) is 0 Å². The highest BCUT2D eigenvalue weighted by atomic mass is 16.4. The van der Waals surface area contributed by atoms with Crippen LogP contribution in [0.3, 0.4) is 0 Å². The number of hydrogen-bond donors (Lipinski definition) is 2. The van der Waals surface area contributed by atoms with Crippen LogP contribution >= 0.6 is 0 Å². The van der Waals surface area contributed by atoms with Crippen molar-refractivity contribution in [3.63, 3.8) is 0 Å². The number of benzene rings is 1. The number of carboxylic acid groups (broad SMARTS) is 1. The Kier molecular flexibility index (Phi) is 2.93. The van der Waals surface area contributed by atoms with Crippen molar-refractivity contribution in [3.8, 4) is 0 Å². The highest BCUT2D eigenvalue weighted by molar-refractivity contribution is 5.98. The van der Waals surface area contributed by atoms with Gasteiger partial charge in [0.15, 0.2) is 0 Å². The van der Waals surface area contributed by atoms with Crippen LogP contribution in [0.15, 0.2) is 24.4 Å². The molecule has 1 aromatic carbocycles. The molecule has 0 bridgehead atoms. The number of fused-ring (bicyclic) bond motifs is 1. The van der Waals surface area contributed by atoms with E-state index in [0.29, 0.717) is 18.7 Å². The summed E-state index contributed by atoms with van der Waals surface area (Å²) in [6, 6.07) is 5.40. The van der Waals surface area contributed by atoms with Crippen molar-refractivity contribution in [1.29, 1.82) is 0 Å². The van der Waals surface area contributed by atoms with E-state index in [4.69, 9.17) is 5.11 Å². The summed E-state index contributed by atoms with van der Waals surface area (Å²) in [6.45, 7) is 2.70. The summed E-state index contributed by atoms with van der Waals surface area (Å²) < 4.78 is 0. The lowest BCUT2D eigenvalue weighted by atomic mass is 9.86. The van der Waals surface area contributed by atoms with Gasteiger partial charge in [0.1, 0.15) is 0 Å². The van der Waals surface area contributed by atoms with Crippen LogP contribution in [0.5, 0.6) is 0 Å². The van der Waals surface area contributed by atoms with Crippen LogP contribution < -0.4 is 0 Å². The Morgan fingerprint density at radius 3 is 2.90 bits per heavy atom. The minimum atomic E-state index is -0.805. The molecule has 104 valence electrons. The van der Waals surface area contributed by atoms with Gasteiger partial charge in [-0.25, -0.2) is 0 Å². The minimum absolute atomic E-state index is 0.0485. The number of rotatable bonds is 3. The summed E-state index contributed by atoms with van der Waals surface area (Å²) in [5.41, 5.74) is 1.43. The van der Waals surface area contributed by atoms with Crippen molar-refractivity contribution in [3.05, 3.63) is 30.0 Å². The van der Waals surface area contributed by atoms with Crippen LogP contribution in [-0.4, -0.2) is 45.2 Å². The first-order chi connectivity index (χ1) is 9.56. The number of hydrogen-bond acceptors (Lipinski definition) is 3. The fourth-order valence-corrected chi connectivity index (χ4v) is 2.45. The molecule has 2 N–H and O–H groups in total. The first-order valence-corrected chi connectivity index (χ1v) is 6.51. The zero-order chi connectivity index (χ0) is 14.3. The summed E-state index contributed by atoms with van der Waals surface area (Å²) in [6.07, 6.45) is 1.71. The molecule has 1 saturated heterocycles. The number of carbonyl (C=O) groups excluding carboxylic acids is 1. The Balaban J connectivity index is 1.70. The lowest BCUT2D eigenvalue weighted by molar-refractivity contribution is -0.144. The molecular weight excluding hydrogens is 258 g/mol. The van der Waals surface area contributed by atoms with Crippen LogP contribution in [-0.2, 0) is 4.79 Å². The third-order valence-corrected chi connectivity index (χ3v) is 3.98. The summed E-state index contributed by atoms with van der Waals surface area (Å²) in [5, 5.41) is 16.7. The molecule has 0 radical (unpaired) electrons. The number of H-pyrrole nitrogens is 1. The number of amides is 1. The van der Waals surface area contributed by atoms with Crippen molar-refractivity contribution in [2.45, 2.75) is 6.92 Å². The van der Waals surface area contributed by atoms with E-state index in [1.165, 1.54) is 0 Å². The summed E-state index contributed by atoms with van der Waals surface area (Å²) in [5.74, 6) is -1.22. The molecular formula is C14H15N3O3. The van der Waals surface area contributed by atoms with Crippen molar-refractivity contribution in [2.75, 3.05) is 13.1 Å². The summed E-state index contributed by atoms with van der Waals surface area (Å²) in [4.78, 5) is 24.8. The van der Waals surface area contributed by atoms with Crippen molar-refractivity contribution in [1.82, 2.24) is 15.1 Å². The van der Waals surface area contributed by atoms with E-state index in [0.717, 1.165) is 10.9 Å². The highest BCUT2D eigenvalue weighted by Crippen LogP contribution is 2.26. The minimum Gasteiger partial charge on any atom is -0.481 e. The Hall–Kier alpha value is -2.37. The third kappa shape index (κ3) is 2.03. The number of nitrogens with one attached hydrogen (secondary N) is 1. The number of carbonyl (C=O) groups is 2. The maximum atomic E-state index is 12.3. The van der Waals surface area contributed by atoms with Gasteiger partial charge in [0.05, 0.1) is 17.6 Å². The molecule has 1 aromatic heterocycles. The third-order valence-electron chi connectivity index (χ3n) is 3.98. The van der Waals surface area contributed by atoms with Gasteiger partial charge in [0.25, 0.3) is 5.91 Å². The van der Waals surface area contributed by atoms with Crippen LogP contribution in [0.1, 0.15) is 17.3 Å². The van der Waals surface area contributed by atoms with Gasteiger partial charge in [-0.2, -0.15) is 5.10 Å². The first-order valence-electron chi connectivity index (χ1n) is 6.51. The summed E-state index contributed by atoms with van der Waals surface area (Å²) in [7, 11) is 0. The van der Waals surface area contributed by atoms with Crippen LogP contribution in [0, 0.1) is 11.8 Å². The van der Waals surface area contributed by atoms with Gasteiger partial charge in [-0.05, 0) is 12.1 Å². The molecule has 2 heterocycles. The number of carboxylic acids is 1. The molecule has 1 amide bonds. The van der Waals surface area contributed by atoms with E-state index < -0.39 is 11.9 Å². The van der Waals surface area contributed by atoms with Gasteiger partial charge in [0, 0.05) is 30.0 Å². The van der Waals surface area contributed by atoms with Crippen molar-refractivity contribution < 1.29 is 14.7 Å². The Morgan fingerprint density at radius 1 is 1.45 bits per heavy atom. The largest absolute Gasteiger partial charge is 0.481 e. The maximum absolute atomic E-state index is 12.3. The molecule has 20 heavy (non-hydrogen) atoms. The molecule has 3 rings (SSSR count). The quantitative estimate of drug-likeness (QED) is 0.884. The smallest absolute Gasteiger partial charge is 0.306 e. The standard InChI is InChI=1S/C14H15N3O3/c1-8(14(19)20)11-6-17(7-11)13(18)9-2-3-10-5-15-16-12(10)4-9/h2-5,8,11H,6-7H2,1H3,(H,15,16)(H,19,20). The fraction of sp³-hybridized carbons (Fsp3) is 0.357. The highest BCUT2D eigenvalue weighted by Gasteiger charge is 2.37. The molecule has 1 atom stereocenters. The molecule has 1 unspecified atom stereocenters. The predicted octanol–water partition coefficient (Wildman–Crippen LogP) is 1.36. The average Bonchev–Trinajstić information content (AvgIpc) is 2.83. The Bertz CT molecular complexity index is 673. The number of aromatic nitrogens is 2. The Morgan fingerprint density at radius 2 is 2.20 bits per heavy atom. The second-order valence-corrected chi connectivity index (χ2v) is 5.27. The van der Waals surface area contributed by atoms with E-state index in [9.17, 15) is 9.59 Å². The second kappa shape index (κ2) is 4.63. The van der Waals surface area contributed by atoms with E-state index in [1.54, 1.807) is 30.2 Å². The average molecular weight is 273 g/mol. The van der Waals surface area contributed by atoms with E-state index in [-0.39, 0.29) is 11.8 Å². The lowest BCUT2D eigenvalue weighted by Crippen LogP contribution is -2.53. The van der Waals surface area contributed by atoms with Gasteiger partial charge >= 0.3 is 5.97 Å². The van der Waals surface area contributed by atoms with Gasteiger partial charge in [-0.1, -0.05) is 13.0 Å². The lowest BCUT2D eigenvalue weighted by Gasteiger charge is -2.41. The van der Waals surface area contributed by atoms with E-state index >= 15 is 0 Å². The fourth-order valence-electron chi connectivity index (χ4n) is 2.45. The van der Waals surface area contributed by atoms with Crippen molar-refractivity contribution >= 4 is 22.8 Å². The number of aliphatic carboxylic acids is 1. The number of aromatic amines is 1. The molecule has 1 fully saturated rings. The van der Waals surface area contributed by atoms with Gasteiger partial charge < -0.3 is 10.0 Å². The molecule has 0 aliphatic carbocycles. The molecule has 1 aliphatic heterocycles. The molecule has 6 heteroatoms. The van der Waals surface area contributed by atoms with E-state index in [2.05, 4.69) is 10.2 Å². The Labute approximate surface area is 115 Å². The zero-order valence-corrected chi connectivity index (χ0v) is 11.0. The molecule has 6 nitrogen and oxygen atoms in total. The van der Waals surface area contributed by atoms with Gasteiger partial charge in [-0.15, -0.1) is 0 Å². The number of nitrogens with zero attached hydrogens (tertiary/aromatic N) is 2. The monoisotopic (exact) mass is 273 g/mol. The van der Waals surface area contributed by atoms with Crippen LogP contribution in [0.4, 0.5) is 0 Å². The number of likely N-dealkylation sites (tertiary alicyclic amines) is 1. The topological polar surface area (TPSA) is 86.3 Å². The van der Waals surface area contributed by atoms with Crippen LogP contribution in [0.25, 0.3) is 10.9 Å². The van der Waals surface area contributed by atoms with Gasteiger partial charge in [-0.3, -0.25) is 14.7 Å². The second-order valence-electron chi connectivity index (χ2n) is 5.27. The predicted molar refractivity (Wildman–Crippen MR) is 72.3 cm³/mol. The van der Waals surface area contributed by atoms with Gasteiger partial charge in [0.2, 0.25) is 0 Å². The normalized spacial score (nSPS) is 16.9. The molecule has 1 aliphatic rings. The SMILES string of the molecule is CC(C(=O)O)C1CN(C(=O)c2ccc3cn[nH]c3c2)C1. The molecule has 0 saturated carbocycles. The zero-order valence-electron chi connectivity index (χ0n) is 11.0. The molecule has 0 spiro atoms.